The number of piperazine rings is 1. The van der Waals surface area contributed by atoms with Crippen LogP contribution in [0.5, 0.6) is 0 Å². The number of hydrogen-bond acceptors (Lipinski definition) is 5. The van der Waals surface area contributed by atoms with Crippen LogP contribution in [0, 0.1) is 0 Å². The van der Waals surface area contributed by atoms with Crippen molar-refractivity contribution in [3.05, 3.63) is 11.9 Å². The Labute approximate surface area is 102 Å². The Morgan fingerprint density at radius 1 is 1.24 bits per heavy atom. The normalized spacial score (nSPS) is 17.2. The Bertz CT molecular complexity index is 390. The maximum atomic E-state index is 5.87. The van der Waals surface area contributed by atoms with E-state index in [0.29, 0.717) is 5.82 Å². The monoisotopic (exact) mass is 235 g/mol. The molecule has 0 aliphatic carbocycles. The molecule has 0 unspecified atom stereocenters. The van der Waals surface area contributed by atoms with Crippen molar-refractivity contribution in [2.45, 2.75) is 26.2 Å². The van der Waals surface area contributed by atoms with Crippen molar-refractivity contribution < 1.29 is 0 Å². The molecule has 1 aromatic heterocycles. The minimum atomic E-state index is -0.0713. The van der Waals surface area contributed by atoms with E-state index in [9.17, 15) is 0 Å². The Balaban J connectivity index is 2.31. The predicted octanol–water partition coefficient (Wildman–Crippen LogP) is 0.766. The van der Waals surface area contributed by atoms with Crippen LogP contribution in [0.3, 0.4) is 0 Å². The van der Waals surface area contributed by atoms with Gasteiger partial charge in [0.15, 0.2) is 0 Å². The zero-order valence-electron chi connectivity index (χ0n) is 10.8. The van der Waals surface area contributed by atoms with E-state index in [1.54, 1.807) is 0 Å². The van der Waals surface area contributed by atoms with Gasteiger partial charge in [-0.3, -0.25) is 0 Å². The quantitative estimate of drug-likeness (QED) is 0.752. The molecule has 0 bridgehead atoms. The SMILES string of the molecule is CC(C)(C)c1nc(N)cc(N2CCNCC2)n1. The van der Waals surface area contributed by atoms with Crippen molar-refractivity contribution in [1.82, 2.24) is 15.3 Å². The number of nitrogens with two attached hydrogens (primary N) is 1. The van der Waals surface area contributed by atoms with Crippen molar-refractivity contribution >= 4 is 11.6 Å². The third kappa shape index (κ3) is 2.85. The molecule has 5 nitrogen and oxygen atoms in total. The summed E-state index contributed by atoms with van der Waals surface area (Å²) in [5.74, 6) is 2.31. The third-order valence-corrected chi connectivity index (χ3v) is 2.84. The maximum Gasteiger partial charge on any atom is 0.138 e. The van der Waals surface area contributed by atoms with Gasteiger partial charge < -0.3 is 16.0 Å². The van der Waals surface area contributed by atoms with Gasteiger partial charge >= 0.3 is 0 Å². The average molecular weight is 235 g/mol. The number of hydrogen-bond donors (Lipinski definition) is 2. The Morgan fingerprint density at radius 2 is 1.88 bits per heavy atom. The number of anilines is 2. The first kappa shape index (κ1) is 12.1. The number of nitrogens with zero attached hydrogens (tertiary/aromatic N) is 3. The zero-order chi connectivity index (χ0) is 12.5. The summed E-state index contributed by atoms with van der Waals surface area (Å²) in [6.07, 6.45) is 0. The molecule has 0 radical (unpaired) electrons. The summed E-state index contributed by atoms with van der Waals surface area (Å²) in [6.45, 7) is 10.2. The van der Waals surface area contributed by atoms with Crippen LogP contribution in [-0.2, 0) is 5.41 Å². The lowest BCUT2D eigenvalue weighted by molar-refractivity contribution is 0.539. The Kier molecular flexibility index (Phi) is 3.19. The van der Waals surface area contributed by atoms with Crippen LogP contribution in [0.4, 0.5) is 11.6 Å². The molecule has 1 aliphatic heterocycles. The van der Waals surface area contributed by atoms with E-state index in [2.05, 4.69) is 41.0 Å². The molecule has 94 valence electrons. The zero-order valence-corrected chi connectivity index (χ0v) is 10.8. The molecule has 17 heavy (non-hydrogen) atoms. The lowest BCUT2D eigenvalue weighted by Crippen LogP contribution is -2.44. The smallest absolute Gasteiger partial charge is 0.138 e. The highest BCUT2D eigenvalue weighted by Gasteiger charge is 2.20. The molecule has 1 fully saturated rings. The van der Waals surface area contributed by atoms with Crippen molar-refractivity contribution in [2.75, 3.05) is 36.8 Å². The van der Waals surface area contributed by atoms with Crippen molar-refractivity contribution in [1.29, 1.82) is 0 Å². The van der Waals surface area contributed by atoms with E-state index >= 15 is 0 Å². The van der Waals surface area contributed by atoms with Crippen LogP contribution in [0.1, 0.15) is 26.6 Å². The molecule has 1 aliphatic rings. The van der Waals surface area contributed by atoms with Crippen molar-refractivity contribution in [2.24, 2.45) is 0 Å². The highest BCUT2D eigenvalue weighted by Crippen LogP contribution is 2.23. The average Bonchev–Trinajstić information content (AvgIpc) is 2.28. The maximum absolute atomic E-state index is 5.87. The fourth-order valence-corrected chi connectivity index (χ4v) is 1.84. The van der Waals surface area contributed by atoms with Gasteiger partial charge in [-0.1, -0.05) is 20.8 Å². The molecule has 0 saturated carbocycles. The summed E-state index contributed by atoms with van der Waals surface area (Å²) in [6, 6.07) is 1.86. The molecule has 0 atom stereocenters. The summed E-state index contributed by atoms with van der Waals surface area (Å²) < 4.78 is 0. The molecule has 1 aromatic rings. The largest absolute Gasteiger partial charge is 0.384 e. The second-order valence-corrected chi connectivity index (χ2v) is 5.46. The molecular formula is C12H21N5. The predicted molar refractivity (Wildman–Crippen MR) is 70.2 cm³/mol. The van der Waals surface area contributed by atoms with Crippen LogP contribution >= 0.6 is 0 Å². The van der Waals surface area contributed by atoms with E-state index < -0.39 is 0 Å². The summed E-state index contributed by atoms with van der Waals surface area (Å²) in [5.41, 5.74) is 5.80. The van der Waals surface area contributed by atoms with Gasteiger partial charge in [0.05, 0.1) is 0 Å². The lowest BCUT2D eigenvalue weighted by atomic mass is 9.96. The molecule has 1 saturated heterocycles. The Morgan fingerprint density at radius 3 is 2.47 bits per heavy atom. The standard InChI is InChI=1S/C12H21N5/c1-12(2,3)11-15-9(13)8-10(16-11)17-6-4-14-5-7-17/h8,14H,4-7H2,1-3H3,(H2,13,15,16). The molecule has 2 rings (SSSR count). The van der Waals surface area contributed by atoms with Gasteiger partial charge in [-0.15, -0.1) is 0 Å². The van der Waals surface area contributed by atoms with E-state index in [1.807, 2.05) is 6.07 Å². The highest BCUT2D eigenvalue weighted by molar-refractivity contribution is 5.48. The second kappa shape index (κ2) is 4.49. The van der Waals surface area contributed by atoms with Gasteiger partial charge in [-0.25, -0.2) is 9.97 Å². The third-order valence-electron chi connectivity index (χ3n) is 2.84. The molecule has 2 heterocycles. The number of nitrogen functional groups attached to an aromatic ring is 1. The van der Waals surface area contributed by atoms with Gasteiger partial charge in [0.2, 0.25) is 0 Å². The lowest BCUT2D eigenvalue weighted by Gasteiger charge is -2.29. The summed E-state index contributed by atoms with van der Waals surface area (Å²) >= 11 is 0. The van der Waals surface area contributed by atoms with E-state index in [0.717, 1.165) is 37.8 Å². The molecule has 0 spiro atoms. The fourth-order valence-electron chi connectivity index (χ4n) is 1.84. The molecule has 3 N–H and O–H groups in total. The summed E-state index contributed by atoms with van der Waals surface area (Å²) in [7, 11) is 0. The topological polar surface area (TPSA) is 67.1 Å². The van der Waals surface area contributed by atoms with Crippen LogP contribution in [-0.4, -0.2) is 36.1 Å². The van der Waals surface area contributed by atoms with Crippen LogP contribution in [0.15, 0.2) is 6.07 Å². The fraction of sp³-hybridized carbons (Fsp3) is 0.667. The molecule has 5 heteroatoms. The van der Waals surface area contributed by atoms with E-state index in [-0.39, 0.29) is 5.41 Å². The van der Waals surface area contributed by atoms with Gasteiger partial charge in [0, 0.05) is 37.7 Å². The van der Waals surface area contributed by atoms with Gasteiger partial charge in [0.25, 0.3) is 0 Å². The van der Waals surface area contributed by atoms with Gasteiger partial charge in [-0.05, 0) is 0 Å². The van der Waals surface area contributed by atoms with Crippen LogP contribution < -0.4 is 16.0 Å². The highest BCUT2D eigenvalue weighted by atomic mass is 15.2. The first-order valence-corrected chi connectivity index (χ1v) is 6.07. The van der Waals surface area contributed by atoms with Gasteiger partial charge in [0.1, 0.15) is 17.5 Å². The summed E-state index contributed by atoms with van der Waals surface area (Å²) in [4.78, 5) is 11.2. The molecular weight excluding hydrogens is 214 g/mol. The minimum absolute atomic E-state index is 0.0713. The minimum Gasteiger partial charge on any atom is -0.384 e. The van der Waals surface area contributed by atoms with Crippen LogP contribution in [0.25, 0.3) is 0 Å². The Hall–Kier alpha value is -1.36. The van der Waals surface area contributed by atoms with Crippen molar-refractivity contribution in [3.63, 3.8) is 0 Å². The van der Waals surface area contributed by atoms with Crippen molar-refractivity contribution in [3.8, 4) is 0 Å². The van der Waals surface area contributed by atoms with E-state index in [4.69, 9.17) is 5.73 Å². The molecule has 0 aromatic carbocycles. The van der Waals surface area contributed by atoms with E-state index in [1.165, 1.54) is 0 Å². The second-order valence-electron chi connectivity index (χ2n) is 5.46. The van der Waals surface area contributed by atoms with Crippen LogP contribution in [0.2, 0.25) is 0 Å². The number of aromatic nitrogens is 2. The summed E-state index contributed by atoms with van der Waals surface area (Å²) in [5, 5.41) is 3.33. The molecule has 0 amide bonds. The van der Waals surface area contributed by atoms with Gasteiger partial charge in [-0.2, -0.15) is 0 Å². The first-order valence-electron chi connectivity index (χ1n) is 6.07. The number of rotatable bonds is 1. The number of nitrogens with one attached hydrogen (secondary N) is 1. The first-order chi connectivity index (χ1) is 7.97.